The molecule has 0 atom stereocenters. The Morgan fingerprint density at radius 1 is 0.833 bits per heavy atom. The first-order chi connectivity index (χ1) is 11.7. The Bertz CT molecular complexity index is 549. The van der Waals surface area contributed by atoms with Crippen LogP contribution in [-0.2, 0) is 4.79 Å². The second-order valence-corrected chi connectivity index (χ2v) is 6.50. The number of nitrogens with one attached hydrogen (secondary N) is 1. The highest BCUT2D eigenvalue weighted by molar-refractivity contribution is 5.89. The number of hydrogen-bond donors (Lipinski definition) is 1. The molecule has 0 bridgehead atoms. The lowest BCUT2D eigenvalue weighted by atomic mass is 10.1. The van der Waals surface area contributed by atoms with Gasteiger partial charge in [-0.25, -0.2) is 4.79 Å². The van der Waals surface area contributed by atoms with Gasteiger partial charge in [-0.05, 0) is 38.1 Å². The van der Waals surface area contributed by atoms with Crippen LogP contribution in [0.2, 0.25) is 0 Å². The summed E-state index contributed by atoms with van der Waals surface area (Å²) in [6.45, 7) is 5.01. The molecule has 2 aliphatic rings. The fourth-order valence-electron chi connectivity index (χ4n) is 3.29. The van der Waals surface area contributed by atoms with Gasteiger partial charge in [0.15, 0.2) is 0 Å². The monoisotopic (exact) mass is 330 g/mol. The highest BCUT2D eigenvalue weighted by atomic mass is 16.2. The lowest BCUT2D eigenvalue weighted by molar-refractivity contribution is -0.134. The molecule has 1 aromatic rings. The summed E-state index contributed by atoms with van der Waals surface area (Å²) in [4.78, 5) is 30.6. The molecule has 3 rings (SSSR count). The number of likely N-dealkylation sites (tertiary alicyclic amines) is 1. The number of nitrogens with zero attached hydrogens (tertiary/aromatic N) is 3. The number of carbonyl (C=O) groups is 2. The number of carbonyl (C=O) groups excluding carboxylic acids is 2. The Balaban J connectivity index is 1.43. The molecular weight excluding hydrogens is 304 g/mol. The number of rotatable bonds is 3. The minimum absolute atomic E-state index is 0.0932. The molecule has 1 aromatic carbocycles. The molecule has 24 heavy (non-hydrogen) atoms. The van der Waals surface area contributed by atoms with Crippen molar-refractivity contribution in [1.82, 2.24) is 14.7 Å². The van der Waals surface area contributed by atoms with E-state index in [1.165, 1.54) is 19.3 Å². The molecule has 2 heterocycles. The number of piperazine rings is 1. The van der Waals surface area contributed by atoms with Crippen molar-refractivity contribution in [3.8, 4) is 0 Å². The third-order valence-electron chi connectivity index (χ3n) is 4.75. The van der Waals surface area contributed by atoms with E-state index in [4.69, 9.17) is 0 Å². The van der Waals surface area contributed by atoms with Crippen LogP contribution in [-0.4, -0.2) is 72.5 Å². The molecule has 2 fully saturated rings. The zero-order chi connectivity index (χ0) is 16.8. The number of anilines is 1. The van der Waals surface area contributed by atoms with E-state index in [2.05, 4.69) is 10.2 Å². The van der Waals surface area contributed by atoms with Gasteiger partial charge in [-0.2, -0.15) is 0 Å². The maximum atomic E-state index is 12.4. The Morgan fingerprint density at radius 3 is 2.12 bits per heavy atom. The van der Waals surface area contributed by atoms with Crippen LogP contribution in [0.15, 0.2) is 30.3 Å². The van der Waals surface area contributed by atoms with Crippen molar-refractivity contribution in [2.75, 3.05) is 51.1 Å². The highest BCUT2D eigenvalue weighted by Crippen LogP contribution is 2.11. The lowest BCUT2D eigenvalue weighted by Gasteiger charge is -2.36. The van der Waals surface area contributed by atoms with Crippen molar-refractivity contribution >= 4 is 17.6 Å². The first kappa shape index (κ1) is 16.8. The van der Waals surface area contributed by atoms with Gasteiger partial charge in [0.05, 0.1) is 6.54 Å². The molecule has 6 nitrogen and oxygen atoms in total. The highest BCUT2D eigenvalue weighted by Gasteiger charge is 2.25. The summed E-state index contributed by atoms with van der Waals surface area (Å²) in [6.07, 6.45) is 3.67. The number of benzene rings is 1. The van der Waals surface area contributed by atoms with Gasteiger partial charge in [-0.15, -0.1) is 0 Å². The molecule has 0 aromatic heterocycles. The molecule has 0 aliphatic carbocycles. The van der Waals surface area contributed by atoms with Crippen LogP contribution in [0.1, 0.15) is 19.3 Å². The first-order valence-corrected chi connectivity index (χ1v) is 8.83. The first-order valence-electron chi connectivity index (χ1n) is 8.83. The summed E-state index contributed by atoms with van der Waals surface area (Å²) < 4.78 is 0. The number of urea groups is 1. The zero-order valence-electron chi connectivity index (χ0n) is 14.1. The van der Waals surface area contributed by atoms with E-state index in [0.717, 1.165) is 18.8 Å². The molecule has 3 amide bonds. The molecule has 130 valence electrons. The summed E-state index contributed by atoms with van der Waals surface area (Å²) in [6, 6.07) is 9.36. The molecule has 6 heteroatoms. The van der Waals surface area contributed by atoms with Gasteiger partial charge < -0.3 is 15.1 Å². The minimum Gasteiger partial charge on any atom is -0.338 e. The topological polar surface area (TPSA) is 55.9 Å². The zero-order valence-corrected chi connectivity index (χ0v) is 14.1. The Labute approximate surface area is 143 Å². The predicted octanol–water partition coefficient (Wildman–Crippen LogP) is 1.85. The molecule has 0 radical (unpaired) electrons. The van der Waals surface area contributed by atoms with Gasteiger partial charge in [-0.1, -0.05) is 24.6 Å². The molecule has 2 aliphatic heterocycles. The van der Waals surface area contributed by atoms with E-state index in [1.54, 1.807) is 4.90 Å². The molecule has 0 unspecified atom stereocenters. The molecule has 2 saturated heterocycles. The third-order valence-corrected chi connectivity index (χ3v) is 4.75. The summed E-state index contributed by atoms with van der Waals surface area (Å²) in [7, 11) is 0. The van der Waals surface area contributed by atoms with Crippen molar-refractivity contribution in [1.29, 1.82) is 0 Å². The summed E-state index contributed by atoms with van der Waals surface area (Å²) in [5, 5.41) is 2.90. The fourth-order valence-corrected chi connectivity index (χ4v) is 3.29. The van der Waals surface area contributed by atoms with Crippen molar-refractivity contribution in [2.45, 2.75) is 19.3 Å². The van der Waals surface area contributed by atoms with Crippen molar-refractivity contribution < 1.29 is 9.59 Å². The number of hydrogen-bond acceptors (Lipinski definition) is 3. The van der Waals surface area contributed by atoms with Crippen molar-refractivity contribution in [3.63, 3.8) is 0 Å². The van der Waals surface area contributed by atoms with E-state index in [9.17, 15) is 9.59 Å². The van der Waals surface area contributed by atoms with Gasteiger partial charge in [0.1, 0.15) is 0 Å². The van der Waals surface area contributed by atoms with E-state index >= 15 is 0 Å². The summed E-state index contributed by atoms with van der Waals surface area (Å²) in [5.74, 6) is 0.194. The van der Waals surface area contributed by atoms with Crippen molar-refractivity contribution in [3.05, 3.63) is 30.3 Å². The SMILES string of the molecule is O=C(CN1CCCCC1)N1CCN(C(=O)Nc2ccccc2)CC1. The van der Waals surface area contributed by atoms with Crippen LogP contribution in [0.4, 0.5) is 10.5 Å². The van der Waals surface area contributed by atoms with Crippen LogP contribution in [0, 0.1) is 0 Å². The average molecular weight is 330 g/mol. The average Bonchev–Trinajstić information content (AvgIpc) is 2.63. The lowest BCUT2D eigenvalue weighted by Crippen LogP contribution is -2.53. The van der Waals surface area contributed by atoms with Crippen LogP contribution in [0.25, 0.3) is 0 Å². The van der Waals surface area contributed by atoms with Gasteiger partial charge in [0.2, 0.25) is 5.91 Å². The minimum atomic E-state index is -0.0932. The second-order valence-electron chi connectivity index (χ2n) is 6.50. The Morgan fingerprint density at radius 2 is 1.46 bits per heavy atom. The second kappa shape index (κ2) is 8.15. The molecular formula is C18H26N4O2. The maximum Gasteiger partial charge on any atom is 0.321 e. The number of amides is 3. The van der Waals surface area contributed by atoms with Crippen LogP contribution < -0.4 is 5.32 Å². The molecule has 0 spiro atoms. The number of para-hydroxylation sites is 1. The van der Waals surface area contributed by atoms with Gasteiger partial charge in [0.25, 0.3) is 0 Å². The Hall–Kier alpha value is -2.08. The summed E-state index contributed by atoms with van der Waals surface area (Å²) in [5.41, 5.74) is 0.797. The predicted molar refractivity (Wildman–Crippen MR) is 93.9 cm³/mol. The fraction of sp³-hybridized carbons (Fsp3) is 0.556. The largest absolute Gasteiger partial charge is 0.338 e. The maximum absolute atomic E-state index is 12.4. The van der Waals surface area contributed by atoms with E-state index in [-0.39, 0.29) is 11.9 Å². The van der Waals surface area contributed by atoms with Crippen LogP contribution >= 0.6 is 0 Å². The normalized spacial score (nSPS) is 19.2. The standard InChI is InChI=1S/C18H26N4O2/c23-17(15-20-9-5-2-6-10-20)21-11-13-22(14-12-21)18(24)19-16-7-3-1-4-8-16/h1,3-4,7-8H,2,5-6,9-15H2,(H,19,24). The number of piperidine rings is 1. The summed E-state index contributed by atoms with van der Waals surface area (Å²) >= 11 is 0. The van der Waals surface area contributed by atoms with Crippen LogP contribution in [0.5, 0.6) is 0 Å². The quantitative estimate of drug-likeness (QED) is 0.920. The smallest absolute Gasteiger partial charge is 0.321 e. The van der Waals surface area contributed by atoms with E-state index < -0.39 is 0 Å². The van der Waals surface area contributed by atoms with Gasteiger partial charge >= 0.3 is 6.03 Å². The third kappa shape index (κ3) is 4.47. The van der Waals surface area contributed by atoms with Crippen LogP contribution in [0.3, 0.4) is 0 Å². The molecule has 0 saturated carbocycles. The van der Waals surface area contributed by atoms with Crippen molar-refractivity contribution in [2.24, 2.45) is 0 Å². The van der Waals surface area contributed by atoms with Gasteiger partial charge in [-0.3, -0.25) is 9.69 Å². The van der Waals surface area contributed by atoms with E-state index in [0.29, 0.717) is 32.7 Å². The Kier molecular flexibility index (Phi) is 5.69. The van der Waals surface area contributed by atoms with Gasteiger partial charge in [0, 0.05) is 31.9 Å². The molecule has 1 N–H and O–H groups in total. The van der Waals surface area contributed by atoms with E-state index in [1.807, 2.05) is 35.2 Å².